The van der Waals surface area contributed by atoms with E-state index in [0.717, 1.165) is 5.56 Å². The molecule has 9 heteroatoms. The molecule has 0 spiro atoms. The molecule has 0 amide bonds. The maximum absolute atomic E-state index is 11.1. The van der Waals surface area contributed by atoms with E-state index in [2.05, 4.69) is 15.3 Å². The number of hydrogen-bond donors (Lipinski definition) is 4. The maximum atomic E-state index is 11.1. The quantitative estimate of drug-likeness (QED) is 0.614. The molecule has 106 valence electrons. The predicted octanol–water partition coefficient (Wildman–Crippen LogP) is -0.0995. The third kappa shape index (κ3) is 3.56. The van der Waals surface area contributed by atoms with Crippen LogP contribution in [0.4, 0.5) is 17.6 Å². The van der Waals surface area contributed by atoms with Crippen LogP contribution in [0, 0.1) is 0 Å². The number of primary sulfonamides is 1. The first-order valence-electron chi connectivity index (χ1n) is 5.60. The van der Waals surface area contributed by atoms with Crippen molar-refractivity contribution in [2.45, 2.75) is 11.4 Å². The average molecular weight is 294 g/mol. The molecule has 2 rings (SSSR count). The van der Waals surface area contributed by atoms with Crippen LogP contribution in [0.2, 0.25) is 0 Å². The van der Waals surface area contributed by atoms with Gasteiger partial charge in [-0.25, -0.2) is 13.6 Å². The van der Waals surface area contributed by atoms with E-state index < -0.39 is 10.0 Å². The van der Waals surface area contributed by atoms with Crippen molar-refractivity contribution in [2.24, 2.45) is 5.14 Å². The molecule has 0 saturated carbocycles. The summed E-state index contributed by atoms with van der Waals surface area (Å²) in [5.41, 5.74) is 11.9. The molecule has 1 aromatic carbocycles. The van der Waals surface area contributed by atoms with Gasteiger partial charge in [0.05, 0.1) is 4.90 Å². The molecule has 0 radical (unpaired) electrons. The highest BCUT2D eigenvalue weighted by atomic mass is 32.2. The summed E-state index contributed by atoms with van der Waals surface area (Å²) < 4.78 is 22.2. The number of nitrogens with one attached hydrogen (secondary N) is 1. The zero-order chi connectivity index (χ0) is 14.8. The number of benzene rings is 1. The standard InChI is InChI=1S/C11H14N6O2S/c12-9-5-10(17-11(13)16-9)15-6-7-1-3-8(4-2-7)20(14,18)19/h1-5H,6H2,(H2,14,18,19)(H5,12,13,15,16,17). The van der Waals surface area contributed by atoms with Crippen molar-refractivity contribution in [1.29, 1.82) is 0 Å². The SMILES string of the molecule is Nc1cc(NCc2ccc(S(N)(=O)=O)cc2)nc(N)n1. The molecule has 0 saturated heterocycles. The van der Waals surface area contributed by atoms with Crippen molar-refractivity contribution in [3.63, 3.8) is 0 Å². The summed E-state index contributed by atoms with van der Waals surface area (Å²) in [4.78, 5) is 7.78. The number of sulfonamides is 1. The zero-order valence-corrected chi connectivity index (χ0v) is 11.3. The highest BCUT2D eigenvalue weighted by molar-refractivity contribution is 7.89. The van der Waals surface area contributed by atoms with Gasteiger partial charge in [0.15, 0.2) is 0 Å². The Morgan fingerprint density at radius 3 is 2.30 bits per heavy atom. The summed E-state index contributed by atoms with van der Waals surface area (Å²) >= 11 is 0. The van der Waals surface area contributed by atoms with Gasteiger partial charge < -0.3 is 16.8 Å². The second kappa shape index (κ2) is 5.31. The zero-order valence-electron chi connectivity index (χ0n) is 10.4. The maximum Gasteiger partial charge on any atom is 0.238 e. The minimum absolute atomic E-state index is 0.0665. The topological polar surface area (TPSA) is 150 Å². The normalized spacial score (nSPS) is 11.2. The Balaban J connectivity index is 2.07. The van der Waals surface area contributed by atoms with Gasteiger partial charge in [-0.05, 0) is 17.7 Å². The minimum atomic E-state index is -3.67. The molecular formula is C11H14N6O2S. The van der Waals surface area contributed by atoms with Gasteiger partial charge in [-0.3, -0.25) is 0 Å². The molecular weight excluding hydrogens is 280 g/mol. The van der Waals surface area contributed by atoms with Crippen molar-refractivity contribution < 1.29 is 8.42 Å². The lowest BCUT2D eigenvalue weighted by atomic mass is 10.2. The number of nitrogen functional groups attached to an aromatic ring is 2. The lowest BCUT2D eigenvalue weighted by Crippen LogP contribution is -2.12. The summed E-state index contributed by atoms with van der Waals surface area (Å²) in [5.74, 6) is 0.840. The van der Waals surface area contributed by atoms with Gasteiger partial charge >= 0.3 is 0 Å². The summed E-state index contributed by atoms with van der Waals surface area (Å²) in [6.45, 7) is 0.431. The molecule has 0 aliphatic carbocycles. The number of nitrogens with two attached hydrogens (primary N) is 3. The summed E-state index contributed by atoms with van der Waals surface area (Å²) in [6.07, 6.45) is 0. The molecule has 0 fully saturated rings. The Morgan fingerprint density at radius 2 is 1.75 bits per heavy atom. The Morgan fingerprint density at radius 1 is 1.10 bits per heavy atom. The monoisotopic (exact) mass is 294 g/mol. The number of anilines is 3. The Hall–Kier alpha value is -2.39. The van der Waals surface area contributed by atoms with E-state index in [1.807, 2.05) is 0 Å². The summed E-state index contributed by atoms with van der Waals surface area (Å²) in [6, 6.07) is 7.74. The lowest BCUT2D eigenvalue weighted by Gasteiger charge is -2.07. The van der Waals surface area contributed by atoms with Crippen molar-refractivity contribution in [2.75, 3.05) is 16.8 Å². The van der Waals surface area contributed by atoms with E-state index in [1.165, 1.54) is 12.1 Å². The van der Waals surface area contributed by atoms with Gasteiger partial charge in [0.1, 0.15) is 11.6 Å². The van der Waals surface area contributed by atoms with Crippen LogP contribution >= 0.6 is 0 Å². The van der Waals surface area contributed by atoms with Gasteiger partial charge in [0.2, 0.25) is 16.0 Å². The Bertz CT molecular complexity index is 694. The van der Waals surface area contributed by atoms with E-state index in [-0.39, 0.29) is 16.7 Å². The van der Waals surface area contributed by atoms with Gasteiger partial charge in [0.25, 0.3) is 0 Å². The van der Waals surface area contributed by atoms with E-state index in [1.54, 1.807) is 18.2 Å². The average Bonchev–Trinajstić information content (AvgIpc) is 2.35. The van der Waals surface area contributed by atoms with Crippen LogP contribution < -0.4 is 21.9 Å². The molecule has 7 N–H and O–H groups in total. The first-order chi connectivity index (χ1) is 9.34. The minimum Gasteiger partial charge on any atom is -0.383 e. The summed E-state index contributed by atoms with van der Waals surface area (Å²) in [7, 11) is -3.67. The van der Waals surface area contributed by atoms with Crippen LogP contribution in [-0.2, 0) is 16.6 Å². The smallest absolute Gasteiger partial charge is 0.238 e. The second-order valence-corrected chi connectivity index (χ2v) is 5.64. The molecule has 1 heterocycles. The second-order valence-electron chi connectivity index (χ2n) is 4.08. The van der Waals surface area contributed by atoms with Crippen LogP contribution in [0.5, 0.6) is 0 Å². The molecule has 1 aromatic heterocycles. The number of nitrogens with zero attached hydrogens (tertiary/aromatic N) is 2. The van der Waals surface area contributed by atoms with Crippen LogP contribution in [0.1, 0.15) is 5.56 Å². The summed E-state index contributed by atoms with van der Waals surface area (Å²) in [5, 5.41) is 8.03. The van der Waals surface area contributed by atoms with Crippen LogP contribution in [0.3, 0.4) is 0 Å². The highest BCUT2D eigenvalue weighted by Gasteiger charge is 2.06. The van der Waals surface area contributed by atoms with Crippen molar-refractivity contribution in [3.05, 3.63) is 35.9 Å². The van der Waals surface area contributed by atoms with Crippen LogP contribution in [-0.4, -0.2) is 18.4 Å². The van der Waals surface area contributed by atoms with Gasteiger partial charge in [-0.1, -0.05) is 12.1 Å². The van der Waals surface area contributed by atoms with Gasteiger partial charge in [0, 0.05) is 12.6 Å². The molecule has 0 aliphatic rings. The molecule has 2 aromatic rings. The van der Waals surface area contributed by atoms with Crippen LogP contribution in [0.15, 0.2) is 35.2 Å². The molecule has 0 aliphatic heterocycles. The molecule has 0 unspecified atom stereocenters. The van der Waals surface area contributed by atoms with Crippen molar-refractivity contribution >= 4 is 27.6 Å². The Kier molecular flexibility index (Phi) is 3.72. The third-order valence-corrected chi connectivity index (χ3v) is 3.42. The lowest BCUT2D eigenvalue weighted by molar-refractivity contribution is 0.598. The van der Waals surface area contributed by atoms with E-state index >= 15 is 0 Å². The fourth-order valence-corrected chi connectivity index (χ4v) is 2.08. The fourth-order valence-electron chi connectivity index (χ4n) is 1.57. The van der Waals surface area contributed by atoms with Gasteiger partial charge in [-0.2, -0.15) is 9.97 Å². The Labute approximate surface area is 116 Å². The third-order valence-electron chi connectivity index (χ3n) is 2.49. The first kappa shape index (κ1) is 14.0. The van der Waals surface area contributed by atoms with Gasteiger partial charge in [-0.15, -0.1) is 0 Å². The fraction of sp³-hybridized carbons (Fsp3) is 0.0909. The van der Waals surface area contributed by atoms with E-state index in [0.29, 0.717) is 12.4 Å². The molecule has 8 nitrogen and oxygen atoms in total. The largest absolute Gasteiger partial charge is 0.383 e. The van der Waals surface area contributed by atoms with Crippen molar-refractivity contribution in [1.82, 2.24) is 9.97 Å². The van der Waals surface area contributed by atoms with E-state index in [4.69, 9.17) is 16.6 Å². The number of aromatic nitrogens is 2. The first-order valence-corrected chi connectivity index (χ1v) is 7.15. The highest BCUT2D eigenvalue weighted by Crippen LogP contribution is 2.13. The number of hydrogen-bond acceptors (Lipinski definition) is 7. The predicted molar refractivity (Wildman–Crippen MR) is 76.0 cm³/mol. The number of rotatable bonds is 4. The van der Waals surface area contributed by atoms with E-state index in [9.17, 15) is 8.42 Å². The molecule has 0 atom stereocenters. The molecule has 0 bridgehead atoms. The molecule has 20 heavy (non-hydrogen) atoms. The van der Waals surface area contributed by atoms with Crippen molar-refractivity contribution in [3.8, 4) is 0 Å². The van der Waals surface area contributed by atoms with Crippen LogP contribution in [0.25, 0.3) is 0 Å².